The molecule has 1 N–H and O–H groups in total. The van der Waals surface area contributed by atoms with Gasteiger partial charge in [-0.25, -0.2) is 0 Å². The third kappa shape index (κ3) is 5.82. The first-order valence-electron chi connectivity index (χ1n) is 6.71. The summed E-state index contributed by atoms with van der Waals surface area (Å²) < 4.78 is 0. The highest BCUT2D eigenvalue weighted by Gasteiger charge is 2.15. The standard InChI is InChI=1S/C13H27NS/c1-3-10-14-12(4-2)11-15-13-8-6-5-7-9-13/h12-14H,3-11H2,1-2H3. The van der Waals surface area contributed by atoms with E-state index in [0.717, 1.165) is 11.3 Å². The van der Waals surface area contributed by atoms with E-state index in [0.29, 0.717) is 0 Å². The minimum Gasteiger partial charge on any atom is -0.313 e. The van der Waals surface area contributed by atoms with Gasteiger partial charge in [-0.3, -0.25) is 0 Å². The van der Waals surface area contributed by atoms with Crippen LogP contribution in [-0.2, 0) is 0 Å². The fraction of sp³-hybridized carbons (Fsp3) is 1.00. The van der Waals surface area contributed by atoms with E-state index in [1.165, 1.54) is 57.2 Å². The Balaban J connectivity index is 2.09. The van der Waals surface area contributed by atoms with E-state index in [-0.39, 0.29) is 0 Å². The summed E-state index contributed by atoms with van der Waals surface area (Å²) in [5, 5.41) is 4.61. The van der Waals surface area contributed by atoms with Crippen LogP contribution in [0.5, 0.6) is 0 Å². The van der Waals surface area contributed by atoms with Crippen LogP contribution in [0.25, 0.3) is 0 Å². The summed E-state index contributed by atoms with van der Waals surface area (Å²) in [6, 6.07) is 0.747. The van der Waals surface area contributed by atoms with Gasteiger partial charge in [0.2, 0.25) is 0 Å². The predicted octanol–water partition coefficient (Wildman–Crippen LogP) is 3.83. The van der Waals surface area contributed by atoms with Gasteiger partial charge < -0.3 is 5.32 Å². The maximum atomic E-state index is 3.64. The maximum absolute atomic E-state index is 3.64. The number of thioether (sulfide) groups is 1. The predicted molar refractivity (Wildman–Crippen MR) is 71.7 cm³/mol. The van der Waals surface area contributed by atoms with Crippen molar-refractivity contribution >= 4 is 11.8 Å². The zero-order chi connectivity index (χ0) is 10.9. The fourth-order valence-corrected chi connectivity index (χ4v) is 3.68. The van der Waals surface area contributed by atoms with Gasteiger partial charge in [0.15, 0.2) is 0 Å². The van der Waals surface area contributed by atoms with Crippen molar-refractivity contribution in [2.24, 2.45) is 0 Å². The lowest BCUT2D eigenvalue weighted by Crippen LogP contribution is -2.32. The SMILES string of the molecule is CCCNC(CC)CSC1CCCCC1. The molecule has 0 aromatic heterocycles. The Kier molecular flexibility index (Phi) is 7.54. The summed E-state index contributed by atoms with van der Waals surface area (Å²) in [5.41, 5.74) is 0. The Morgan fingerprint density at radius 2 is 1.93 bits per heavy atom. The molecular weight excluding hydrogens is 202 g/mol. The average molecular weight is 229 g/mol. The summed E-state index contributed by atoms with van der Waals surface area (Å²) in [5.74, 6) is 1.32. The molecule has 0 bridgehead atoms. The van der Waals surface area contributed by atoms with E-state index in [4.69, 9.17) is 0 Å². The summed E-state index contributed by atoms with van der Waals surface area (Å²) in [6.45, 7) is 5.73. The number of hydrogen-bond donors (Lipinski definition) is 1. The topological polar surface area (TPSA) is 12.0 Å². The monoisotopic (exact) mass is 229 g/mol. The highest BCUT2D eigenvalue weighted by Crippen LogP contribution is 2.28. The summed E-state index contributed by atoms with van der Waals surface area (Å²) in [6.07, 6.45) is 9.88. The first-order valence-corrected chi connectivity index (χ1v) is 7.76. The molecule has 1 fully saturated rings. The van der Waals surface area contributed by atoms with Crippen LogP contribution in [0, 0.1) is 0 Å². The molecule has 15 heavy (non-hydrogen) atoms. The van der Waals surface area contributed by atoms with Crippen molar-refractivity contribution in [2.75, 3.05) is 12.3 Å². The molecule has 90 valence electrons. The Morgan fingerprint density at radius 1 is 1.20 bits per heavy atom. The van der Waals surface area contributed by atoms with Gasteiger partial charge in [0.25, 0.3) is 0 Å². The molecule has 1 nitrogen and oxygen atoms in total. The first kappa shape index (κ1) is 13.4. The molecule has 2 heteroatoms. The molecule has 1 aliphatic rings. The van der Waals surface area contributed by atoms with Crippen molar-refractivity contribution in [2.45, 2.75) is 70.1 Å². The molecule has 0 heterocycles. The lowest BCUT2D eigenvalue weighted by molar-refractivity contribution is 0.510. The van der Waals surface area contributed by atoms with Gasteiger partial charge in [0, 0.05) is 17.0 Å². The Bertz CT molecular complexity index is 143. The van der Waals surface area contributed by atoms with E-state index >= 15 is 0 Å². The molecule has 0 aromatic rings. The van der Waals surface area contributed by atoms with Crippen molar-refractivity contribution in [1.82, 2.24) is 5.32 Å². The van der Waals surface area contributed by atoms with E-state index in [1.54, 1.807) is 0 Å². The van der Waals surface area contributed by atoms with Gasteiger partial charge in [-0.15, -0.1) is 0 Å². The van der Waals surface area contributed by atoms with Crippen LogP contribution in [0.15, 0.2) is 0 Å². The van der Waals surface area contributed by atoms with Gasteiger partial charge in [-0.05, 0) is 32.2 Å². The lowest BCUT2D eigenvalue weighted by atomic mass is 10.0. The first-order chi connectivity index (χ1) is 7.36. The van der Waals surface area contributed by atoms with Crippen LogP contribution in [0.2, 0.25) is 0 Å². The van der Waals surface area contributed by atoms with Crippen molar-refractivity contribution in [1.29, 1.82) is 0 Å². The van der Waals surface area contributed by atoms with E-state index in [1.807, 2.05) is 0 Å². The molecule has 0 aliphatic heterocycles. The Morgan fingerprint density at radius 3 is 2.53 bits per heavy atom. The molecule has 1 atom stereocenters. The Labute approximate surface area is 99.8 Å². The molecular formula is C13H27NS. The molecule has 0 radical (unpaired) electrons. The molecule has 0 saturated heterocycles. The van der Waals surface area contributed by atoms with Crippen molar-refractivity contribution in [3.05, 3.63) is 0 Å². The van der Waals surface area contributed by atoms with Crippen LogP contribution in [0.4, 0.5) is 0 Å². The minimum absolute atomic E-state index is 0.747. The van der Waals surface area contributed by atoms with Crippen molar-refractivity contribution in [3.63, 3.8) is 0 Å². The fourth-order valence-electron chi connectivity index (χ4n) is 2.15. The van der Waals surface area contributed by atoms with Crippen LogP contribution in [0.3, 0.4) is 0 Å². The molecule has 1 rings (SSSR count). The maximum Gasteiger partial charge on any atom is 0.0155 e. The third-order valence-electron chi connectivity index (χ3n) is 3.26. The lowest BCUT2D eigenvalue weighted by Gasteiger charge is -2.24. The second kappa shape index (κ2) is 8.46. The summed E-state index contributed by atoms with van der Waals surface area (Å²) in [7, 11) is 0. The zero-order valence-electron chi connectivity index (χ0n) is 10.4. The van der Waals surface area contributed by atoms with Gasteiger partial charge >= 0.3 is 0 Å². The Hall–Kier alpha value is 0.310. The highest BCUT2D eigenvalue weighted by atomic mass is 32.2. The molecule has 1 aliphatic carbocycles. The van der Waals surface area contributed by atoms with Crippen molar-refractivity contribution < 1.29 is 0 Å². The second-order valence-electron chi connectivity index (χ2n) is 4.65. The van der Waals surface area contributed by atoms with Crippen LogP contribution in [0.1, 0.15) is 58.8 Å². The van der Waals surface area contributed by atoms with Crippen LogP contribution >= 0.6 is 11.8 Å². The average Bonchev–Trinajstić information content (AvgIpc) is 2.31. The third-order valence-corrected chi connectivity index (χ3v) is 4.80. The van der Waals surface area contributed by atoms with Crippen LogP contribution < -0.4 is 5.32 Å². The van der Waals surface area contributed by atoms with Gasteiger partial charge in [0.05, 0.1) is 0 Å². The van der Waals surface area contributed by atoms with E-state index in [9.17, 15) is 0 Å². The van der Waals surface area contributed by atoms with E-state index in [2.05, 4.69) is 30.9 Å². The quantitative estimate of drug-likeness (QED) is 0.712. The van der Waals surface area contributed by atoms with Crippen LogP contribution in [-0.4, -0.2) is 23.6 Å². The largest absolute Gasteiger partial charge is 0.313 e. The minimum atomic E-state index is 0.747. The number of hydrogen-bond acceptors (Lipinski definition) is 2. The summed E-state index contributed by atoms with van der Waals surface area (Å²) in [4.78, 5) is 0. The molecule has 0 amide bonds. The van der Waals surface area contributed by atoms with Gasteiger partial charge in [-0.1, -0.05) is 33.1 Å². The highest BCUT2D eigenvalue weighted by molar-refractivity contribution is 7.99. The number of rotatable bonds is 7. The molecule has 0 aromatic carbocycles. The van der Waals surface area contributed by atoms with Crippen molar-refractivity contribution in [3.8, 4) is 0 Å². The summed E-state index contributed by atoms with van der Waals surface area (Å²) >= 11 is 2.22. The zero-order valence-corrected chi connectivity index (χ0v) is 11.2. The van der Waals surface area contributed by atoms with Gasteiger partial charge in [0.1, 0.15) is 0 Å². The van der Waals surface area contributed by atoms with Gasteiger partial charge in [-0.2, -0.15) is 11.8 Å². The second-order valence-corrected chi connectivity index (χ2v) is 5.99. The normalized spacial score (nSPS) is 20.4. The molecule has 1 saturated carbocycles. The number of nitrogens with one attached hydrogen (secondary N) is 1. The van der Waals surface area contributed by atoms with E-state index < -0.39 is 0 Å². The smallest absolute Gasteiger partial charge is 0.0155 e. The molecule has 1 unspecified atom stereocenters. The molecule has 0 spiro atoms.